The van der Waals surface area contributed by atoms with Gasteiger partial charge in [0.05, 0.1) is 0 Å². The SMILES string of the molecule is O=c1[nH]c(-c2ccncn2)nc(O)c1-c1cccc(Cl)c1. The molecule has 0 saturated carbocycles. The molecular formula is C14H9ClN4O2. The van der Waals surface area contributed by atoms with E-state index < -0.39 is 5.56 Å². The lowest BCUT2D eigenvalue weighted by atomic mass is 10.1. The van der Waals surface area contributed by atoms with Crippen LogP contribution in [0.15, 0.2) is 47.7 Å². The van der Waals surface area contributed by atoms with Gasteiger partial charge in [-0.15, -0.1) is 0 Å². The summed E-state index contributed by atoms with van der Waals surface area (Å²) in [6.45, 7) is 0. The number of benzene rings is 1. The van der Waals surface area contributed by atoms with Crippen molar-refractivity contribution in [3.8, 4) is 28.5 Å². The van der Waals surface area contributed by atoms with E-state index in [1.54, 1.807) is 30.3 Å². The number of hydrogen-bond donors (Lipinski definition) is 2. The molecule has 0 saturated heterocycles. The average molecular weight is 301 g/mol. The Morgan fingerprint density at radius 2 is 2.10 bits per heavy atom. The molecule has 0 atom stereocenters. The number of aromatic nitrogens is 4. The van der Waals surface area contributed by atoms with Crippen molar-refractivity contribution < 1.29 is 5.11 Å². The summed E-state index contributed by atoms with van der Waals surface area (Å²) in [6.07, 6.45) is 2.85. The van der Waals surface area contributed by atoms with E-state index >= 15 is 0 Å². The summed E-state index contributed by atoms with van der Waals surface area (Å²) < 4.78 is 0. The lowest BCUT2D eigenvalue weighted by molar-refractivity contribution is 0.454. The Kier molecular flexibility index (Phi) is 3.37. The molecule has 0 spiro atoms. The van der Waals surface area contributed by atoms with E-state index in [1.807, 2.05) is 0 Å². The minimum absolute atomic E-state index is 0.0651. The summed E-state index contributed by atoms with van der Waals surface area (Å²) >= 11 is 5.90. The van der Waals surface area contributed by atoms with E-state index in [2.05, 4.69) is 19.9 Å². The highest BCUT2D eigenvalue weighted by molar-refractivity contribution is 6.30. The Labute approximate surface area is 124 Å². The molecule has 104 valence electrons. The molecule has 0 bridgehead atoms. The fourth-order valence-corrected chi connectivity index (χ4v) is 2.11. The highest BCUT2D eigenvalue weighted by atomic mass is 35.5. The van der Waals surface area contributed by atoms with Crippen molar-refractivity contribution in [2.75, 3.05) is 0 Å². The molecule has 6 nitrogen and oxygen atoms in total. The van der Waals surface area contributed by atoms with Crippen LogP contribution in [-0.4, -0.2) is 25.0 Å². The molecule has 3 aromatic rings. The van der Waals surface area contributed by atoms with Gasteiger partial charge in [0, 0.05) is 11.2 Å². The maximum atomic E-state index is 12.2. The van der Waals surface area contributed by atoms with Crippen molar-refractivity contribution >= 4 is 11.6 Å². The summed E-state index contributed by atoms with van der Waals surface area (Å²) in [5.74, 6) is -0.208. The van der Waals surface area contributed by atoms with Crippen molar-refractivity contribution in [2.45, 2.75) is 0 Å². The van der Waals surface area contributed by atoms with Crippen LogP contribution >= 0.6 is 11.6 Å². The molecule has 0 amide bonds. The van der Waals surface area contributed by atoms with Crippen LogP contribution in [0.3, 0.4) is 0 Å². The molecule has 0 aliphatic heterocycles. The first-order valence-electron chi connectivity index (χ1n) is 6.01. The van der Waals surface area contributed by atoms with Crippen molar-refractivity contribution in [2.24, 2.45) is 0 Å². The van der Waals surface area contributed by atoms with Gasteiger partial charge >= 0.3 is 0 Å². The van der Waals surface area contributed by atoms with Gasteiger partial charge in [-0.25, -0.2) is 9.97 Å². The maximum Gasteiger partial charge on any atom is 0.262 e. The molecule has 0 aliphatic rings. The van der Waals surface area contributed by atoms with Crippen LogP contribution < -0.4 is 5.56 Å². The highest BCUT2D eigenvalue weighted by Gasteiger charge is 2.14. The smallest absolute Gasteiger partial charge is 0.262 e. The second-order valence-electron chi connectivity index (χ2n) is 4.22. The van der Waals surface area contributed by atoms with Crippen molar-refractivity contribution in [1.29, 1.82) is 0 Å². The number of rotatable bonds is 2. The van der Waals surface area contributed by atoms with E-state index in [1.165, 1.54) is 12.5 Å². The molecule has 21 heavy (non-hydrogen) atoms. The molecule has 3 rings (SSSR count). The lowest BCUT2D eigenvalue weighted by Gasteiger charge is -2.06. The molecule has 0 aliphatic carbocycles. The first-order valence-corrected chi connectivity index (χ1v) is 6.38. The second kappa shape index (κ2) is 5.34. The first kappa shape index (κ1) is 13.3. The van der Waals surface area contributed by atoms with Crippen LogP contribution in [0.2, 0.25) is 5.02 Å². The van der Waals surface area contributed by atoms with E-state index in [4.69, 9.17) is 11.6 Å². The van der Waals surface area contributed by atoms with Gasteiger partial charge in [-0.3, -0.25) is 4.79 Å². The predicted molar refractivity (Wildman–Crippen MR) is 78.0 cm³/mol. The number of nitrogens with one attached hydrogen (secondary N) is 1. The van der Waals surface area contributed by atoms with E-state index in [0.29, 0.717) is 16.3 Å². The van der Waals surface area contributed by atoms with E-state index in [-0.39, 0.29) is 17.3 Å². The maximum absolute atomic E-state index is 12.2. The molecule has 2 aromatic heterocycles. The van der Waals surface area contributed by atoms with Crippen LogP contribution in [0, 0.1) is 0 Å². The number of halogens is 1. The summed E-state index contributed by atoms with van der Waals surface area (Å²) in [6, 6.07) is 8.20. The monoisotopic (exact) mass is 300 g/mol. The number of aromatic amines is 1. The average Bonchev–Trinajstić information content (AvgIpc) is 2.47. The fourth-order valence-electron chi connectivity index (χ4n) is 1.92. The van der Waals surface area contributed by atoms with Crippen LogP contribution in [0.1, 0.15) is 0 Å². The largest absolute Gasteiger partial charge is 0.493 e. The van der Waals surface area contributed by atoms with Gasteiger partial charge in [-0.05, 0) is 23.8 Å². The molecule has 0 fully saturated rings. The number of aromatic hydroxyl groups is 1. The predicted octanol–water partition coefficient (Wildman–Crippen LogP) is 2.25. The topological polar surface area (TPSA) is 91.8 Å². The first-order chi connectivity index (χ1) is 10.1. The third-order valence-corrected chi connectivity index (χ3v) is 3.07. The third-order valence-electron chi connectivity index (χ3n) is 2.84. The lowest BCUT2D eigenvalue weighted by Crippen LogP contribution is -2.12. The highest BCUT2D eigenvalue weighted by Crippen LogP contribution is 2.26. The Balaban J connectivity index is 2.16. The van der Waals surface area contributed by atoms with Crippen LogP contribution in [0.5, 0.6) is 5.88 Å². The van der Waals surface area contributed by atoms with Crippen LogP contribution in [0.4, 0.5) is 0 Å². The third kappa shape index (κ3) is 2.61. The zero-order valence-corrected chi connectivity index (χ0v) is 11.4. The van der Waals surface area contributed by atoms with Gasteiger partial charge in [0.2, 0.25) is 5.88 Å². The fraction of sp³-hybridized carbons (Fsp3) is 0. The number of H-pyrrole nitrogens is 1. The molecule has 2 N–H and O–H groups in total. The summed E-state index contributed by atoms with van der Waals surface area (Å²) in [5, 5.41) is 10.5. The van der Waals surface area contributed by atoms with E-state index in [0.717, 1.165) is 0 Å². The van der Waals surface area contributed by atoms with E-state index in [9.17, 15) is 9.90 Å². The van der Waals surface area contributed by atoms with Crippen LogP contribution in [-0.2, 0) is 0 Å². The van der Waals surface area contributed by atoms with Gasteiger partial charge in [0.1, 0.15) is 17.6 Å². The zero-order chi connectivity index (χ0) is 14.8. The van der Waals surface area contributed by atoms with Gasteiger partial charge in [-0.2, -0.15) is 4.98 Å². The number of hydrogen-bond acceptors (Lipinski definition) is 5. The van der Waals surface area contributed by atoms with Gasteiger partial charge in [0.15, 0.2) is 5.82 Å². The Morgan fingerprint density at radius 1 is 1.24 bits per heavy atom. The standard InChI is InChI=1S/C14H9ClN4O2/c15-9-3-1-2-8(6-9)11-13(20)18-12(19-14(11)21)10-4-5-16-7-17-10/h1-7H,(H2,18,19,20,21). The number of nitrogens with zero attached hydrogens (tertiary/aromatic N) is 3. The van der Waals surface area contributed by atoms with Gasteiger partial charge in [-0.1, -0.05) is 23.7 Å². The van der Waals surface area contributed by atoms with Crippen molar-refractivity contribution in [3.05, 3.63) is 58.2 Å². The van der Waals surface area contributed by atoms with Gasteiger partial charge in [0.25, 0.3) is 5.56 Å². The molecule has 1 aromatic carbocycles. The normalized spacial score (nSPS) is 10.5. The summed E-state index contributed by atoms with van der Waals surface area (Å²) in [5.41, 5.74) is 0.492. The molecule has 0 radical (unpaired) electrons. The quantitative estimate of drug-likeness (QED) is 0.757. The van der Waals surface area contributed by atoms with Crippen molar-refractivity contribution in [3.63, 3.8) is 0 Å². The van der Waals surface area contributed by atoms with Crippen LogP contribution in [0.25, 0.3) is 22.6 Å². The zero-order valence-electron chi connectivity index (χ0n) is 10.6. The second-order valence-corrected chi connectivity index (χ2v) is 4.65. The van der Waals surface area contributed by atoms with Gasteiger partial charge < -0.3 is 10.1 Å². The molecule has 7 heteroatoms. The Hall–Kier alpha value is -2.73. The molecular weight excluding hydrogens is 292 g/mol. The molecule has 0 unspecified atom stereocenters. The Morgan fingerprint density at radius 3 is 2.76 bits per heavy atom. The van der Waals surface area contributed by atoms with Crippen molar-refractivity contribution in [1.82, 2.24) is 19.9 Å². The Bertz CT molecular complexity index is 849. The minimum Gasteiger partial charge on any atom is -0.493 e. The minimum atomic E-state index is -0.474. The summed E-state index contributed by atoms with van der Waals surface area (Å²) in [7, 11) is 0. The summed E-state index contributed by atoms with van der Waals surface area (Å²) in [4.78, 5) is 26.5. The molecule has 2 heterocycles.